The lowest BCUT2D eigenvalue weighted by Gasteiger charge is -2.24. The number of amides is 1. The molecule has 1 N–H and O–H groups in total. The maximum atomic E-state index is 12.8. The molecule has 1 fully saturated rings. The molecule has 8 nitrogen and oxygen atoms in total. The van der Waals surface area contributed by atoms with Gasteiger partial charge in [-0.3, -0.25) is 19.7 Å². The Morgan fingerprint density at radius 3 is 2.55 bits per heavy atom. The Labute approximate surface area is 171 Å². The summed E-state index contributed by atoms with van der Waals surface area (Å²) in [5, 5.41) is 22.4. The number of ketones is 1. The third-order valence-electron chi connectivity index (χ3n) is 4.59. The standard InChI is InChI=1S/C20H17ClN2O6/c1-29-10-9-22-17(13-3-2-4-15(11-13)23(27)28)16(19(25)20(22)26)18(24)12-5-7-14(21)8-6-12/h2-8,11,17,24H,9-10H2,1H3/t17-/m0/s1. The molecular formula is C20H17ClN2O6. The van der Waals surface area contributed by atoms with Crippen LogP contribution >= 0.6 is 11.6 Å². The minimum absolute atomic E-state index is 0.0752. The smallest absolute Gasteiger partial charge is 0.295 e. The summed E-state index contributed by atoms with van der Waals surface area (Å²) in [5.41, 5.74) is 0.305. The number of non-ortho nitro benzene ring substituents is 1. The number of benzene rings is 2. The van der Waals surface area contributed by atoms with Crippen molar-refractivity contribution in [3.63, 3.8) is 0 Å². The van der Waals surface area contributed by atoms with Gasteiger partial charge < -0.3 is 14.7 Å². The number of Topliss-reactive ketones (excluding diaryl/α,β-unsaturated/α-hetero) is 1. The van der Waals surface area contributed by atoms with E-state index in [1.54, 1.807) is 18.2 Å². The minimum Gasteiger partial charge on any atom is -0.507 e. The van der Waals surface area contributed by atoms with Gasteiger partial charge in [0.05, 0.1) is 23.1 Å². The number of nitro groups is 1. The lowest BCUT2D eigenvalue weighted by molar-refractivity contribution is -0.384. The molecule has 1 heterocycles. The zero-order valence-electron chi connectivity index (χ0n) is 15.4. The van der Waals surface area contributed by atoms with Gasteiger partial charge in [0.2, 0.25) is 0 Å². The number of carbonyl (C=O) groups is 2. The van der Waals surface area contributed by atoms with Crippen LogP contribution in [0.25, 0.3) is 5.76 Å². The van der Waals surface area contributed by atoms with Gasteiger partial charge in [0.1, 0.15) is 5.76 Å². The van der Waals surface area contributed by atoms with Crippen molar-refractivity contribution in [2.75, 3.05) is 20.3 Å². The highest BCUT2D eigenvalue weighted by Gasteiger charge is 2.46. The van der Waals surface area contributed by atoms with Crippen molar-refractivity contribution >= 4 is 34.7 Å². The van der Waals surface area contributed by atoms with Crippen LogP contribution in [0.1, 0.15) is 17.2 Å². The molecule has 3 rings (SSSR count). The van der Waals surface area contributed by atoms with E-state index in [2.05, 4.69) is 0 Å². The zero-order chi connectivity index (χ0) is 21.1. The molecule has 0 bridgehead atoms. The molecule has 1 aliphatic rings. The lowest BCUT2D eigenvalue weighted by Crippen LogP contribution is -2.32. The van der Waals surface area contributed by atoms with Gasteiger partial charge >= 0.3 is 0 Å². The van der Waals surface area contributed by atoms with Gasteiger partial charge in [0.25, 0.3) is 17.4 Å². The summed E-state index contributed by atoms with van der Waals surface area (Å²) < 4.78 is 5.02. The zero-order valence-corrected chi connectivity index (χ0v) is 16.1. The number of ether oxygens (including phenoxy) is 1. The van der Waals surface area contributed by atoms with Crippen LogP contribution in [0.3, 0.4) is 0 Å². The van der Waals surface area contributed by atoms with E-state index in [1.807, 2.05) is 0 Å². The first-order valence-electron chi connectivity index (χ1n) is 8.62. The highest BCUT2D eigenvalue weighted by atomic mass is 35.5. The van der Waals surface area contributed by atoms with Crippen molar-refractivity contribution < 1.29 is 24.4 Å². The van der Waals surface area contributed by atoms with Crippen LogP contribution in [0, 0.1) is 10.1 Å². The second-order valence-corrected chi connectivity index (χ2v) is 6.78. The summed E-state index contributed by atoms with van der Waals surface area (Å²) in [6.45, 7) is 0.227. The molecule has 1 aliphatic heterocycles. The summed E-state index contributed by atoms with van der Waals surface area (Å²) in [5.74, 6) is -2.06. The van der Waals surface area contributed by atoms with Crippen molar-refractivity contribution in [1.29, 1.82) is 0 Å². The number of nitrogens with zero attached hydrogens (tertiary/aromatic N) is 2. The number of hydrogen-bond donors (Lipinski definition) is 1. The first kappa shape index (κ1) is 20.5. The predicted octanol–water partition coefficient (Wildman–Crippen LogP) is 3.32. The first-order valence-corrected chi connectivity index (χ1v) is 9.00. The Balaban J connectivity index is 2.18. The fourth-order valence-corrected chi connectivity index (χ4v) is 3.34. The number of halogens is 1. The maximum absolute atomic E-state index is 12.8. The van der Waals surface area contributed by atoms with E-state index in [-0.39, 0.29) is 30.2 Å². The van der Waals surface area contributed by atoms with Gasteiger partial charge in [0.15, 0.2) is 0 Å². The summed E-state index contributed by atoms with van der Waals surface area (Å²) in [7, 11) is 1.45. The first-order chi connectivity index (χ1) is 13.8. The minimum atomic E-state index is -0.985. The van der Waals surface area contributed by atoms with E-state index in [0.29, 0.717) is 16.1 Å². The third kappa shape index (κ3) is 3.98. The average Bonchev–Trinajstić information content (AvgIpc) is 2.97. The van der Waals surface area contributed by atoms with Crippen molar-refractivity contribution in [2.24, 2.45) is 0 Å². The van der Waals surface area contributed by atoms with Crippen molar-refractivity contribution in [3.05, 3.63) is 80.4 Å². The van der Waals surface area contributed by atoms with Crippen LogP contribution in [0.5, 0.6) is 0 Å². The molecule has 9 heteroatoms. The number of nitro benzene ring substituents is 1. The Morgan fingerprint density at radius 2 is 1.93 bits per heavy atom. The fourth-order valence-electron chi connectivity index (χ4n) is 3.22. The molecule has 1 atom stereocenters. The predicted molar refractivity (Wildman–Crippen MR) is 105 cm³/mol. The molecule has 29 heavy (non-hydrogen) atoms. The van der Waals surface area contributed by atoms with Gasteiger partial charge in [-0.1, -0.05) is 23.7 Å². The Bertz CT molecular complexity index is 1000. The quantitative estimate of drug-likeness (QED) is 0.254. The monoisotopic (exact) mass is 416 g/mol. The molecule has 0 saturated carbocycles. The van der Waals surface area contributed by atoms with Crippen LogP contribution in [0.2, 0.25) is 5.02 Å². The number of aliphatic hydroxyl groups excluding tert-OH is 1. The molecule has 0 aromatic heterocycles. The molecule has 0 spiro atoms. The van der Waals surface area contributed by atoms with E-state index in [0.717, 1.165) is 0 Å². The molecule has 0 unspecified atom stereocenters. The van der Waals surface area contributed by atoms with Crippen molar-refractivity contribution in [2.45, 2.75) is 6.04 Å². The highest BCUT2D eigenvalue weighted by molar-refractivity contribution is 6.46. The van der Waals surface area contributed by atoms with E-state index in [4.69, 9.17) is 16.3 Å². The Kier molecular flexibility index (Phi) is 5.95. The van der Waals surface area contributed by atoms with Crippen molar-refractivity contribution in [3.8, 4) is 0 Å². The van der Waals surface area contributed by atoms with Crippen LogP contribution < -0.4 is 0 Å². The topological polar surface area (TPSA) is 110 Å². The van der Waals surface area contributed by atoms with Gasteiger partial charge in [-0.25, -0.2) is 0 Å². The number of rotatable bonds is 6. The number of likely N-dealkylation sites (tertiary alicyclic amines) is 1. The molecule has 2 aromatic carbocycles. The molecule has 2 aromatic rings. The average molecular weight is 417 g/mol. The van der Waals surface area contributed by atoms with E-state index >= 15 is 0 Å². The van der Waals surface area contributed by atoms with Crippen LogP contribution in [0.15, 0.2) is 54.1 Å². The van der Waals surface area contributed by atoms with E-state index in [1.165, 1.54) is 42.3 Å². The molecule has 0 radical (unpaired) electrons. The van der Waals surface area contributed by atoms with Crippen LogP contribution in [-0.2, 0) is 14.3 Å². The number of carbonyl (C=O) groups excluding carboxylic acids is 2. The van der Waals surface area contributed by atoms with E-state index in [9.17, 15) is 24.8 Å². The molecule has 1 saturated heterocycles. The molecule has 150 valence electrons. The van der Waals surface area contributed by atoms with Crippen molar-refractivity contribution in [1.82, 2.24) is 4.90 Å². The number of hydrogen-bond acceptors (Lipinski definition) is 6. The summed E-state index contributed by atoms with van der Waals surface area (Å²) in [6, 6.07) is 10.8. The summed E-state index contributed by atoms with van der Waals surface area (Å²) in [4.78, 5) is 37.2. The second-order valence-electron chi connectivity index (χ2n) is 6.34. The normalized spacial score (nSPS) is 18.3. The summed E-state index contributed by atoms with van der Waals surface area (Å²) >= 11 is 5.88. The van der Waals surface area contributed by atoms with Crippen LogP contribution in [-0.4, -0.2) is 46.9 Å². The van der Waals surface area contributed by atoms with E-state index < -0.39 is 22.7 Å². The maximum Gasteiger partial charge on any atom is 0.295 e. The highest BCUT2D eigenvalue weighted by Crippen LogP contribution is 2.40. The molecule has 1 amide bonds. The molecular weight excluding hydrogens is 400 g/mol. The Hall–Kier alpha value is -3.23. The Morgan fingerprint density at radius 1 is 1.24 bits per heavy atom. The van der Waals surface area contributed by atoms with Gasteiger partial charge in [0, 0.05) is 36.4 Å². The number of methoxy groups -OCH3 is 1. The van der Waals surface area contributed by atoms with Gasteiger partial charge in [-0.2, -0.15) is 0 Å². The van der Waals surface area contributed by atoms with Crippen LogP contribution in [0.4, 0.5) is 5.69 Å². The van der Waals surface area contributed by atoms with Gasteiger partial charge in [-0.15, -0.1) is 0 Å². The SMILES string of the molecule is COCCN1C(=O)C(=O)C(=C(O)c2ccc(Cl)cc2)[C@@H]1c1cccc([N+](=O)[O-])c1. The lowest BCUT2D eigenvalue weighted by atomic mass is 9.95. The largest absolute Gasteiger partial charge is 0.507 e. The number of aliphatic hydroxyl groups is 1. The fraction of sp³-hybridized carbons (Fsp3) is 0.200. The van der Waals surface area contributed by atoms with Gasteiger partial charge in [-0.05, 0) is 29.8 Å². The second kappa shape index (κ2) is 8.42. The summed E-state index contributed by atoms with van der Waals surface area (Å²) in [6.07, 6.45) is 0. The third-order valence-corrected chi connectivity index (χ3v) is 4.84. The molecule has 0 aliphatic carbocycles.